The van der Waals surface area contributed by atoms with Gasteiger partial charge in [0.25, 0.3) is 0 Å². The van der Waals surface area contributed by atoms with E-state index in [1.54, 1.807) is 0 Å². The molecule has 17 heavy (non-hydrogen) atoms. The van der Waals surface area contributed by atoms with Crippen LogP contribution in [0.4, 0.5) is 0 Å². The van der Waals surface area contributed by atoms with E-state index in [1.165, 1.54) is 29.5 Å². The van der Waals surface area contributed by atoms with Gasteiger partial charge in [-0.25, -0.2) is 0 Å². The van der Waals surface area contributed by atoms with Gasteiger partial charge in [-0.1, -0.05) is 73.6 Å². The summed E-state index contributed by atoms with van der Waals surface area (Å²) in [5, 5.41) is 0. The van der Waals surface area contributed by atoms with Gasteiger partial charge in [0.15, 0.2) is 0 Å². The van der Waals surface area contributed by atoms with E-state index in [9.17, 15) is 0 Å². The summed E-state index contributed by atoms with van der Waals surface area (Å²) < 4.78 is 0. The standard InChI is InChI=1S/C17H20/c1-2-7-15-10-12-17(13-11-15)14-16-8-5-3-4-6-9-16/h3-6,8,10-13H,2,7,9,14H2,1H3. The topological polar surface area (TPSA) is 0 Å². The van der Waals surface area contributed by atoms with Crippen LogP contribution in [-0.4, -0.2) is 0 Å². The van der Waals surface area contributed by atoms with E-state index in [2.05, 4.69) is 61.6 Å². The van der Waals surface area contributed by atoms with E-state index in [4.69, 9.17) is 0 Å². The molecule has 1 aliphatic carbocycles. The first-order valence-electron chi connectivity index (χ1n) is 6.47. The van der Waals surface area contributed by atoms with Crippen LogP contribution in [0.3, 0.4) is 0 Å². The van der Waals surface area contributed by atoms with Crippen LogP contribution in [0, 0.1) is 0 Å². The zero-order valence-corrected chi connectivity index (χ0v) is 10.5. The van der Waals surface area contributed by atoms with E-state index >= 15 is 0 Å². The predicted octanol–water partition coefficient (Wildman–Crippen LogP) is 4.62. The van der Waals surface area contributed by atoms with Crippen molar-refractivity contribution in [3.63, 3.8) is 0 Å². The van der Waals surface area contributed by atoms with E-state index in [0.717, 1.165) is 12.8 Å². The molecule has 0 saturated heterocycles. The first-order valence-corrected chi connectivity index (χ1v) is 6.47. The fourth-order valence-corrected chi connectivity index (χ4v) is 2.13. The minimum atomic E-state index is 1.07. The summed E-state index contributed by atoms with van der Waals surface area (Å²) in [6.07, 6.45) is 15.4. The van der Waals surface area contributed by atoms with Gasteiger partial charge in [0.05, 0.1) is 0 Å². The third-order valence-corrected chi connectivity index (χ3v) is 3.06. The molecule has 0 aromatic heterocycles. The van der Waals surface area contributed by atoms with Gasteiger partial charge in [0.1, 0.15) is 0 Å². The Morgan fingerprint density at radius 3 is 2.47 bits per heavy atom. The van der Waals surface area contributed by atoms with Gasteiger partial charge in [-0.3, -0.25) is 0 Å². The number of rotatable bonds is 4. The van der Waals surface area contributed by atoms with Gasteiger partial charge in [0.2, 0.25) is 0 Å². The second kappa shape index (κ2) is 6.24. The lowest BCUT2D eigenvalue weighted by Gasteiger charge is -2.05. The summed E-state index contributed by atoms with van der Waals surface area (Å²) in [7, 11) is 0. The zero-order chi connectivity index (χ0) is 11.9. The van der Waals surface area contributed by atoms with Crippen molar-refractivity contribution in [1.29, 1.82) is 0 Å². The van der Waals surface area contributed by atoms with Gasteiger partial charge < -0.3 is 0 Å². The Morgan fingerprint density at radius 1 is 0.941 bits per heavy atom. The van der Waals surface area contributed by atoms with Crippen molar-refractivity contribution < 1.29 is 0 Å². The molecule has 0 heterocycles. The first-order chi connectivity index (χ1) is 8.38. The molecule has 0 saturated carbocycles. The normalized spacial score (nSPS) is 14.5. The van der Waals surface area contributed by atoms with Crippen LogP contribution >= 0.6 is 0 Å². The fraction of sp³-hybridized carbons (Fsp3) is 0.294. The van der Waals surface area contributed by atoms with Crippen molar-refractivity contribution >= 4 is 0 Å². The smallest absolute Gasteiger partial charge is 0.00609 e. The number of allylic oxidation sites excluding steroid dienone is 6. The summed E-state index contributed by atoms with van der Waals surface area (Å²) >= 11 is 0. The van der Waals surface area contributed by atoms with Crippen LogP contribution in [0.25, 0.3) is 0 Å². The van der Waals surface area contributed by atoms with Crippen LogP contribution in [0.1, 0.15) is 30.9 Å². The lowest BCUT2D eigenvalue weighted by atomic mass is 10.0. The Kier molecular flexibility index (Phi) is 4.37. The van der Waals surface area contributed by atoms with Gasteiger partial charge in [-0.05, 0) is 30.4 Å². The molecule has 0 aliphatic heterocycles. The molecule has 0 heteroatoms. The SMILES string of the molecule is CCCc1ccc(CC2=CC=CC=CC2)cc1. The van der Waals surface area contributed by atoms with Crippen molar-refractivity contribution in [2.75, 3.05) is 0 Å². The van der Waals surface area contributed by atoms with Crippen molar-refractivity contribution in [3.8, 4) is 0 Å². The summed E-state index contributed by atoms with van der Waals surface area (Å²) in [5.74, 6) is 0. The van der Waals surface area contributed by atoms with E-state index < -0.39 is 0 Å². The van der Waals surface area contributed by atoms with Crippen molar-refractivity contribution in [1.82, 2.24) is 0 Å². The van der Waals surface area contributed by atoms with E-state index in [-0.39, 0.29) is 0 Å². The van der Waals surface area contributed by atoms with E-state index in [0.29, 0.717) is 0 Å². The monoisotopic (exact) mass is 224 g/mol. The summed E-state index contributed by atoms with van der Waals surface area (Å²) in [4.78, 5) is 0. The largest absolute Gasteiger partial charge is 0.0804 e. The molecular weight excluding hydrogens is 204 g/mol. The molecule has 2 rings (SSSR count). The van der Waals surface area contributed by atoms with Crippen molar-refractivity contribution in [3.05, 3.63) is 71.3 Å². The summed E-state index contributed by atoms with van der Waals surface area (Å²) in [6.45, 7) is 2.23. The number of hydrogen-bond donors (Lipinski definition) is 0. The zero-order valence-electron chi connectivity index (χ0n) is 10.5. The average Bonchev–Trinajstić information content (AvgIpc) is 2.61. The molecule has 0 nitrogen and oxygen atoms in total. The maximum atomic E-state index is 2.27. The van der Waals surface area contributed by atoms with Crippen LogP contribution in [0.2, 0.25) is 0 Å². The molecule has 0 amide bonds. The van der Waals surface area contributed by atoms with Crippen molar-refractivity contribution in [2.24, 2.45) is 0 Å². The van der Waals surface area contributed by atoms with E-state index in [1.807, 2.05) is 0 Å². The van der Waals surface area contributed by atoms with Crippen LogP contribution in [0.15, 0.2) is 60.2 Å². The van der Waals surface area contributed by atoms with Gasteiger partial charge in [-0.2, -0.15) is 0 Å². The molecule has 1 aromatic rings. The predicted molar refractivity (Wildman–Crippen MR) is 75.1 cm³/mol. The number of aryl methyl sites for hydroxylation is 1. The van der Waals surface area contributed by atoms with Crippen LogP contribution < -0.4 is 0 Å². The molecule has 0 N–H and O–H groups in total. The first kappa shape index (κ1) is 11.9. The Balaban J connectivity index is 2.01. The van der Waals surface area contributed by atoms with Gasteiger partial charge in [0, 0.05) is 0 Å². The molecule has 0 radical (unpaired) electrons. The molecule has 0 bridgehead atoms. The molecule has 1 aliphatic rings. The quantitative estimate of drug-likeness (QED) is 0.699. The lowest BCUT2D eigenvalue weighted by molar-refractivity contribution is 0.919. The Hall–Kier alpha value is -1.56. The maximum absolute atomic E-state index is 2.27. The van der Waals surface area contributed by atoms with Crippen LogP contribution in [0.5, 0.6) is 0 Å². The summed E-state index contributed by atoms with van der Waals surface area (Å²) in [5.41, 5.74) is 4.35. The third kappa shape index (κ3) is 3.74. The summed E-state index contributed by atoms with van der Waals surface area (Å²) in [6, 6.07) is 9.07. The molecule has 88 valence electrons. The highest BCUT2D eigenvalue weighted by atomic mass is 14.0. The molecule has 1 aromatic carbocycles. The second-order valence-corrected chi connectivity index (χ2v) is 4.59. The number of hydrogen-bond acceptors (Lipinski definition) is 0. The fourth-order valence-electron chi connectivity index (χ4n) is 2.13. The minimum Gasteiger partial charge on any atom is -0.0804 e. The highest BCUT2D eigenvalue weighted by molar-refractivity contribution is 5.30. The average molecular weight is 224 g/mol. The molecular formula is C17H20. The lowest BCUT2D eigenvalue weighted by Crippen LogP contribution is -1.91. The van der Waals surface area contributed by atoms with Gasteiger partial charge >= 0.3 is 0 Å². The molecule has 0 fully saturated rings. The number of benzene rings is 1. The Morgan fingerprint density at radius 2 is 1.71 bits per heavy atom. The van der Waals surface area contributed by atoms with Crippen molar-refractivity contribution in [2.45, 2.75) is 32.6 Å². The second-order valence-electron chi connectivity index (χ2n) is 4.59. The van der Waals surface area contributed by atoms with Gasteiger partial charge in [-0.15, -0.1) is 0 Å². The molecule has 0 unspecified atom stereocenters. The maximum Gasteiger partial charge on any atom is -0.00609 e. The Bertz CT molecular complexity index is 430. The third-order valence-electron chi connectivity index (χ3n) is 3.06. The molecule has 0 spiro atoms. The Labute approximate surface area is 104 Å². The highest BCUT2D eigenvalue weighted by Crippen LogP contribution is 2.15. The van der Waals surface area contributed by atoms with Crippen LogP contribution in [-0.2, 0) is 12.8 Å². The molecule has 0 atom stereocenters. The minimum absolute atomic E-state index is 1.07. The highest BCUT2D eigenvalue weighted by Gasteiger charge is 1.99.